The zero-order valence-corrected chi connectivity index (χ0v) is 11.8. The molecule has 100 valence electrons. The van der Waals surface area contributed by atoms with Crippen molar-refractivity contribution >= 4 is 17.3 Å². The van der Waals surface area contributed by atoms with Crippen LogP contribution in [0.25, 0.3) is 0 Å². The maximum Gasteiger partial charge on any atom is 0.119 e. The smallest absolute Gasteiger partial charge is 0.119 e. The molecule has 2 rings (SSSR count). The summed E-state index contributed by atoms with van der Waals surface area (Å²) in [6, 6.07) is 15.9. The van der Waals surface area contributed by atoms with Gasteiger partial charge >= 0.3 is 0 Å². The predicted octanol–water partition coefficient (Wildman–Crippen LogP) is 4.53. The Kier molecular flexibility index (Phi) is 5.10. The van der Waals surface area contributed by atoms with E-state index in [4.69, 9.17) is 16.3 Å². The Balaban J connectivity index is 1.68. The molecule has 0 spiro atoms. The maximum atomic E-state index is 5.97. The van der Waals surface area contributed by atoms with Gasteiger partial charge in [0.05, 0.1) is 6.61 Å². The number of hydrogen-bond acceptors (Lipinski definition) is 2. The first kappa shape index (κ1) is 13.8. The predicted molar refractivity (Wildman–Crippen MR) is 81.2 cm³/mol. The summed E-state index contributed by atoms with van der Waals surface area (Å²) in [5, 5.41) is 4.13. The molecule has 1 N–H and O–H groups in total. The highest BCUT2D eigenvalue weighted by molar-refractivity contribution is 6.31. The minimum absolute atomic E-state index is 0.695. The van der Waals surface area contributed by atoms with Crippen LogP contribution < -0.4 is 10.1 Å². The van der Waals surface area contributed by atoms with Gasteiger partial charge in [-0.3, -0.25) is 0 Å². The van der Waals surface area contributed by atoms with E-state index in [1.165, 1.54) is 0 Å². The number of benzene rings is 2. The highest BCUT2D eigenvalue weighted by atomic mass is 35.5. The van der Waals surface area contributed by atoms with Gasteiger partial charge in [-0.2, -0.15) is 0 Å². The first-order valence-electron chi connectivity index (χ1n) is 6.43. The van der Waals surface area contributed by atoms with Crippen molar-refractivity contribution < 1.29 is 4.74 Å². The van der Waals surface area contributed by atoms with Crippen molar-refractivity contribution in [2.75, 3.05) is 18.5 Å². The number of ether oxygens (including phenoxy) is 1. The molecule has 0 bridgehead atoms. The van der Waals surface area contributed by atoms with Gasteiger partial charge in [-0.1, -0.05) is 29.8 Å². The Morgan fingerprint density at radius 2 is 1.89 bits per heavy atom. The molecular weight excluding hydrogens is 258 g/mol. The van der Waals surface area contributed by atoms with Crippen LogP contribution in [0.1, 0.15) is 12.0 Å². The first-order valence-corrected chi connectivity index (χ1v) is 6.81. The summed E-state index contributed by atoms with van der Waals surface area (Å²) in [6.07, 6.45) is 0.955. The molecule has 0 radical (unpaired) electrons. The van der Waals surface area contributed by atoms with Gasteiger partial charge in [-0.15, -0.1) is 0 Å². The fourth-order valence-electron chi connectivity index (χ4n) is 1.76. The van der Waals surface area contributed by atoms with E-state index in [2.05, 4.69) is 17.4 Å². The van der Waals surface area contributed by atoms with E-state index in [1.54, 1.807) is 0 Å². The zero-order valence-electron chi connectivity index (χ0n) is 11.0. The summed E-state index contributed by atoms with van der Waals surface area (Å²) in [6.45, 7) is 3.57. The molecule has 0 fully saturated rings. The molecule has 0 aliphatic rings. The van der Waals surface area contributed by atoms with Crippen LogP contribution in [0, 0.1) is 6.92 Å². The van der Waals surface area contributed by atoms with Crippen molar-refractivity contribution in [3.8, 4) is 5.75 Å². The van der Waals surface area contributed by atoms with Crippen molar-refractivity contribution in [3.05, 3.63) is 59.1 Å². The maximum absolute atomic E-state index is 5.97. The van der Waals surface area contributed by atoms with E-state index in [0.717, 1.165) is 35.0 Å². The number of nitrogens with one attached hydrogen (secondary N) is 1. The molecule has 0 unspecified atom stereocenters. The van der Waals surface area contributed by atoms with Crippen LogP contribution in [0.4, 0.5) is 5.69 Å². The van der Waals surface area contributed by atoms with Crippen molar-refractivity contribution in [1.82, 2.24) is 0 Å². The summed E-state index contributed by atoms with van der Waals surface area (Å²) in [7, 11) is 0. The molecule has 2 nitrogen and oxygen atoms in total. The van der Waals surface area contributed by atoms with Crippen LogP contribution in [0.15, 0.2) is 48.5 Å². The molecule has 0 aromatic heterocycles. The number of hydrogen-bond donors (Lipinski definition) is 1. The Bertz CT molecular complexity index is 513. The molecular formula is C16H18ClNO. The van der Waals surface area contributed by atoms with Crippen molar-refractivity contribution in [2.45, 2.75) is 13.3 Å². The number of anilines is 1. The molecule has 0 aliphatic heterocycles. The number of halogens is 1. The van der Waals surface area contributed by atoms with E-state index in [1.807, 2.05) is 43.3 Å². The molecule has 2 aromatic carbocycles. The van der Waals surface area contributed by atoms with Crippen LogP contribution in [-0.2, 0) is 0 Å². The monoisotopic (exact) mass is 275 g/mol. The summed E-state index contributed by atoms with van der Waals surface area (Å²) in [5.74, 6) is 0.876. The zero-order chi connectivity index (χ0) is 13.5. The van der Waals surface area contributed by atoms with Crippen LogP contribution in [0.2, 0.25) is 5.02 Å². The van der Waals surface area contributed by atoms with Crippen LogP contribution in [0.5, 0.6) is 5.75 Å². The lowest BCUT2D eigenvalue weighted by atomic mass is 10.2. The van der Waals surface area contributed by atoms with Gasteiger partial charge in [0.25, 0.3) is 0 Å². The van der Waals surface area contributed by atoms with Crippen molar-refractivity contribution in [2.24, 2.45) is 0 Å². The molecule has 0 saturated heterocycles. The van der Waals surface area contributed by atoms with E-state index in [0.29, 0.717) is 6.61 Å². The largest absolute Gasteiger partial charge is 0.494 e. The Labute approximate surface area is 119 Å². The molecule has 3 heteroatoms. The molecule has 0 amide bonds. The average Bonchev–Trinajstić information content (AvgIpc) is 2.43. The van der Waals surface area contributed by atoms with Gasteiger partial charge in [0, 0.05) is 17.3 Å². The van der Waals surface area contributed by atoms with Crippen molar-refractivity contribution in [3.63, 3.8) is 0 Å². The van der Waals surface area contributed by atoms with Gasteiger partial charge in [0.15, 0.2) is 0 Å². The second-order valence-electron chi connectivity index (χ2n) is 4.41. The summed E-state index contributed by atoms with van der Waals surface area (Å²) in [4.78, 5) is 0. The second kappa shape index (κ2) is 7.05. The normalized spacial score (nSPS) is 10.2. The number of para-hydroxylation sites is 1. The van der Waals surface area contributed by atoms with E-state index in [9.17, 15) is 0 Å². The fraction of sp³-hybridized carbons (Fsp3) is 0.250. The molecule has 0 heterocycles. The lowest BCUT2D eigenvalue weighted by molar-refractivity contribution is 0.315. The standard InChI is InChI=1S/C16H18ClNO/c1-13-12-15(8-9-16(13)17)19-11-5-10-18-14-6-3-2-4-7-14/h2-4,6-9,12,18H,5,10-11H2,1H3. The summed E-state index contributed by atoms with van der Waals surface area (Å²) >= 11 is 5.97. The van der Waals surface area contributed by atoms with Crippen LogP contribution in [-0.4, -0.2) is 13.2 Å². The highest BCUT2D eigenvalue weighted by Gasteiger charge is 1.98. The number of aryl methyl sites for hydroxylation is 1. The van der Waals surface area contributed by atoms with E-state index < -0.39 is 0 Å². The molecule has 0 saturated carbocycles. The topological polar surface area (TPSA) is 21.3 Å². The third-order valence-corrected chi connectivity index (χ3v) is 3.25. The van der Waals surface area contributed by atoms with Gasteiger partial charge in [-0.05, 0) is 49.2 Å². The highest BCUT2D eigenvalue weighted by Crippen LogP contribution is 2.21. The Morgan fingerprint density at radius 3 is 2.63 bits per heavy atom. The SMILES string of the molecule is Cc1cc(OCCCNc2ccccc2)ccc1Cl. The van der Waals surface area contributed by atoms with E-state index in [-0.39, 0.29) is 0 Å². The minimum Gasteiger partial charge on any atom is -0.494 e. The van der Waals surface area contributed by atoms with Gasteiger partial charge in [-0.25, -0.2) is 0 Å². The fourth-order valence-corrected chi connectivity index (χ4v) is 1.88. The number of rotatable bonds is 6. The molecule has 2 aromatic rings. The quantitative estimate of drug-likeness (QED) is 0.782. The molecule has 0 atom stereocenters. The summed E-state index contributed by atoms with van der Waals surface area (Å²) < 4.78 is 5.68. The van der Waals surface area contributed by atoms with Crippen LogP contribution in [0.3, 0.4) is 0 Å². The average molecular weight is 276 g/mol. The second-order valence-corrected chi connectivity index (χ2v) is 4.81. The summed E-state index contributed by atoms with van der Waals surface area (Å²) in [5.41, 5.74) is 2.19. The third-order valence-electron chi connectivity index (χ3n) is 2.82. The van der Waals surface area contributed by atoms with Gasteiger partial charge < -0.3 is 10.1 Å². The lowest BCUT2D eigenvalue weighted by Crippen LogP contribution is -2.07. The molecule has 19 heavy (non-hydrogen) atoms. The van der Waals surface area contributed by atoms with E-state index >= 15 is 0 Å². The first-order chi connectivity index (χ1) is 9.25. The van der Waals surface area contributed by atoms with Crippen molar-refractivity contribution in [1.29, 1.82) is 0 Å². The van der Waals surface area contributed by atoms with Gasteiger partial charge in [0.1, 0.15) is 5.75 Å². The Hall–Kier alpha value is -1.67. The molecule has 0 aliphatic carbocycles. The Morgan fingerprint density at radius 1 is 1.11 bits per heavy atom. The minimum atomic E-state index is 0.695. The third kappa shape index (κ3) is 4.49. The van der Waals surface area contributed by atoms with Crippen LogP contribution >= 0.6 is 11.6 Å². The van der Waals surface area contributed by atoms with Gasteiger partial charge in [0.2, 0.25) is 0 Å². The lowest BCUT2D eigenvalue weighted by Gasteiger charge is -2.09.